The maximum atomic E-state index is 12.5. The highest BCUT2D eigenvalue weighted by Gasteiger charge is 2.27. The number of carbonyl (C=O) groups excluding carboxylic acids is 1. The fraction of sp³-hybridized carbons (Fsp3) is 0.500. The van der Waals surface area contributed by atoms with E-state index in [1.165, 1.54) is 0 Å². The maximum absolute atomic E-state index is 12.5. The molecule has 2 aromatic rings. The van der Waals surface area contributed by atoms with Gasteiger partial charge in [0, 0.05) is 58.9 Å². The Morgan fingerprint density at radius 1 is 1.35 bits per heavy atom. The van der Waals surface area contributed by atoms with E-state index in [-0.39, 0.29) is 29.9 Å². The van der Waals surface area contributed by atoms with Crippen LogP contribution in [0.15, 0.2) is 35.8 Å². The van der Waals surface area contributed by atoms with E-state index < -0.39 is 0 Å². The molecule has 0 atom stereocenters. The number of nitrogens with zero attached hydrogens (tertiary/aromatic N) is 7. The van der Waals surface area contributed by atoms with Gasteiger partial charge in [0.1, 0.15) is 6.54 Å². The number of piperazine rings is 1. The number of carbonyl (C=O) groups is 1. The Morgan fingerprint density at radius 3 is 2.81 bits per heavy atom. The van der Waals surface area contributed by atoms with Crippen molar-refractivity contribution in [2.45, 2.75) is 13.0 Å². The molecule has 1 amide bonds. The number of anilines is 1. The third-order valence-electron chi connectivity index (χ3n) is 4.14. The summed E-state index contributed by atoms with van der Waals surface area (Å²) < 4.78 is 3.61. The molecule has 10 heteroatoms. The molecule has 0 saturated carbocycles. The van der Waals surface area contributed by atoms with Gasteiger partial charge in [-0.15, -0.1) is 24.0 Å². The first-order valence-electron chi connectivity index (χ1n) is 8.39. The van der Waals surface area contributed by atoms with Gasteiger partial charge in [-0.05, 0) is 12.5 Å². The number of guanidine groups is 1. The van der Waals surface area contributed by atoms with Crippen LogP contribution >= 0.6 is 24.0 Å². The summed E-state index contributed by atoms with van der Waals surface area (Å²) in [5.41, 5.74) is 0.842. The Kier molecular flexibility index (Phi) is 7.42. The van der Waals surface area contributed by atoms with Crippen molar-refractivity contribution in [3.05, 3.63) is 30.9 Å². The molecule has 1 aliphatic heterocycles. The van der Waals surface area contributed by atoms with Crippen LogP contribution in [0.3, 0.4) is 0 Å². The van der Waals surface area contributed by atoms with Crippen molar-refractivity contribution in [2.24, 2.45) is 12.0 Å². The van der Waals surface area contributed by atoms with Crippen LogP contribution in [0.25, 0.3) is 0 Å². The molecule has 1 fully saturated rings. The fourth-order valence-corrected chi connectivity index (χ4v) is 2.88. The Labute approximate surface area is 170 Å². The van der Waals surface area contributed by atoms with Crippen LogP contribution in [-0.2, 0) is 18.4 Å². The number of hydrogen-bond donors (Lipinski definition) is 1. The average Bonchev–Trinajstić information content (AvgIpc) is 3.26. The quantitative estimate of drug-likeness (QED) is 0.298. The number of rotatable bonds is 5. The highest BCUT2D eigenvalue weighted by atomic mass is 127. The zero-order chi connectivity index (χ0) is 17.6. The molecule has 0 unspecified atom stereocenters. The molecular weight excluding hydrogens is 447 g/mol. The lowest BCUT2D eigenvalue weighted by molar-refractivity contribution is -0.120. The van der Waals surface area contributed by atoms with Crippen LogP contribution in [0.1, 0.15) is 6.42 Å². The average molecular weight is 472 g/mol. The summed E-state index contributed by atoms with van der Waals surface area (Å²) in [5.74, 6) is 0.818. The summed E-state index contributed by atoms with van der Waals surface area (Å²) in [6.07, 6.45) is 8.24. The van der Waals surface area contributed by atoms with E-state index in [2.05, 4.69) is 20.5 Å². The molecular formula is C16H25IN8O. The lowest BCUT2D eigenvalue weighted by Gasteiger charge is -2.35. The second-order valence-electron chi connectivity index (χ2n) is 5.94. The van der Waals surface area contributed by atoms with Crippen molar-refractivity contribution in [1.82, 2.24) is 29.8 Å². The van der Waals surface area contributed by atoms with Crippen molar-refractivity contribution in [3.8, 4) is 0 Å². The molecule has 0 bridgehead atoms. The minimum absolute atomic E-state index is 0. The fourth-order valence-electron chi connectivity index (χ4n) is 2.88. The number of aryl methyl sites for hydroxylation is 2. The normalized spacial score (nSPS) is 15.2. The molecule has 1 N–H and O–H groups in total. The molecule has 0 radical (unpaired) electrons. The lowest BCUT2D eigenvalue weighted by Crippen LogP contribution is -2.55. The van der Waals surface area contributed by atoms with Gasteiger partial charge in [-0.2, -0.15) is 10.2 Å². The largest absolute Gasteiger partial charge is 0.356 e. The van der Waals surface area contributed by atoms with E-state index in [0.717, 1.165) is 37.7 Å². The van der Waals surface area contributed by atoms with Crippen molar-refractivity contribution in [1.29, 1.82) is 0 Å². The third-order valence-corrected chi connectivity index (χ3v) is 4.14. The van der Waals surface area contributed by atoms with Gasteiger partial charge in [-0.3, -0.25) is 19.2 Å². The predicted molar refractivity (Wildman–Crippen MR) is 111 cm³/mol. The van der Waals surface area contributed by atoms with Crippen LogP contribution in [0.4, 0.5) is 5.69 Å². The van der Waals surface area contributed by atoms with Crippen molar-refractivity contribution in [2.75, 3.05) is 38.1 Å². The third kappa shape index (κ3) is 4.96. The first-order chi connectivity index (χ1) is 12.2. The number of aromatic nitrogens is 4. The molecule has 1 aliphatic rings. The molecule has 3 rings (SSSR count). The first kappa shape index (κ1) is 20.2. The molecule has 26 heavy (non-hydrogen) atoms. The first-order valence-corrected chi connectivity index (χ1v) is 8.39. The predicted octanol–water partition coefficient (Wildman–Crippen LogP) is 0.549. The number of hydrogen-bond acceptors (Lipinski definition) is 4. The smallest absolute Gasteiger partial charge is 0.246 e. The summed E-state index contributed by atoms with van der Waals surface area (Å²) in [7, 11) is 3.59. The van der Waals surface area contributed by atoms with Gasteiger partial charge in [-0.25, -0.2) is 0 Å². The topological polar surface area (TPSA) is 83.6 Å². The van der Waals surface area contributed by atoms with Gasteiger partial charge in [0.2, 0.25) is 5.91 Å². The van der Waals surface area contributed by atoms with Gasteiger partial charge >= 0.3 is 0 Å². The van der Waals surface area contributed by atoms with E-state index in [1.54, 1.807) is 29.0 Å². The molecule has 9 nitrogen and oxygen atoms in total. The maximum Gasteiger partial charge on any atom is 0.246 e. The highest BCUT2D eigenvalue weighted by molar-refractivity contribution is 14.0. The number of nitrogens with one attached hydrogen (secondary N) is 1. The second-order valence-corrected chi connectivity index (χ2v) is 5.94. The number of aliphatic imine (C=N–C) groups is 1. The second kappa shape index (κ2) is 9.55. The van der Waals surface area contributed by atoms with Crippen LogP contribution in [0, 0.1) is 0 Å². The van der Waals surface area contributed by atoms with Gasteiger partial charge < -0.3 is 15.1 Å². The van der Waals surface area contributed by atoms with E-state index in [0.29, 0.717) is 13.1 Å². The minimum atomic E-state index is 0. The monoisotopic (exact) mass is 472 g/mol. The Morgan fingerprint density at radius 2 is 2.19 bits per heavy atom. The SMILES string of the molecule is CN=C(NCCCn1cccn1)N1CCN(c2cnn(C)c2)C(=O)C1.I. The zero-order valence-corrected chi connectivity index (χ0v) is 17.4. The molecule has 0 aromatic carbocycles. The van der Waals surface area contributed by atoms with Crippen LogP contribution in [0.2, 0.25) is 0 Å². The lowest BCUT2D eigenvalue weighted by atomic mass is 10.3. The van der Waals surface area contributed by atoms with Crippen LogP contribution in [-0.4, -0.2) is 69.6 Å². The summed E-state index contributed by atoms with van der Waals surface area (Å²) in [6.45, 7) is 3.31. The summed E-state index contributed by atoms with van der Waals surface area (Å²) in [4.78, 5) is 20.5. The summed E-state index contributed by atoms with van der Waals surface area (Å²) >= 11 is 0. The summed E-state index contributed by atoms with van der Waals surface area (Å²) in [6, 6.07) is 1.92. The Hall–Kier alpha value is -2.11. The molecule has 0 aliphatic carbocycles. The molecule has 2 aromatic heterocycles. The van der Waals surface area contributed by atoms with E-state index in [1.807, 2.05) is 35.1 Å². The standard InChI is InChI=1S/C16H24N8O.HI/c1-17-16(18-5-3-7-23-8-4-6-19-23)22-9-10-24(15(25)13-22)14-11-20-21(2)12-14;/h4,6,8,11-12H,3,5,7,9-10,13H2,1-2H3,(H,17,18);1H. The minimum Gasteiger partial charge on any atom is -0.356 e. The molecule has 142 valence electrons. The van der Waals surface area contributed by atoms with Crippen LogP contribution in [0.5, 0.6) is 0 Å². The van der Waals surface area contributed by atoms with Crippen molar-refractivity contribution < 1.29 is 4.79 Å². The molecule has 1 saturated heterocycles. The van der Waals surface area contributed by atoms with Crippen molar-refractivity contribution >= 4 is 41.5 Å². The Bertz CT molecular complexity index is 726. The van der Waals surface area contributed by atoms with E-state index in [4.69, 9.17) is 0 Å². The zero-order valence-electron chi connectivity index (χ0n) is 15.1. The van der Waals surface area contributed by atoms with E-state index in [9.17, 15) is 4.79 Å². The number of amides is 1. The molecule has 3 heterocycles. The van der Waals surface area contributed by atoms with Gasteiger partial charge in [-0.1, -0.05) is 0 Å². The van der Waals surface area contributed by atoms with Gasteiger partial charge in [0.05, 0.1) is 11.9 Å². The van der Waals surface area contributed by atoms with Crippen LogP contribution < -0.4 is 10.2 Å². The van der Waals surface area contributed by atoms with E-state index >= 15 is 0 Å². The number of halogens is 1. The Balaban J connectivity index is 0.00000243. The highest BCUT2D eigenvalue weighted by Crippen LogP contribution is 2.15. The van der Waals surface area contributed by atoms with Crippen molar-refractivity contribution in [3.63, 3.8) is 0 Å². The molecule has 0 spiro atoms. The van der Waals surface area contributed by atoms with Gasteiger partial charge in [0.15, 0.2) is 5.96 Å². The summed E-state index contributed by atoms with van der Waals surface area (Å²) in [5, 5.41) is 11.6. The van der Waals surface area contributed by atoms with Gasteiger partial charge in [0.25, 0.3) is 0 Å².